The van der Waals surface area contributed by atoms with E-state index in [0.29, 0.717) is 10.4 Å². The van der Waals surface area contributed by atoms with Gasteiger partial charge in [0.05, 0.1) is 11.8 Å². The molecule has 82 valence electrons. The number of amides is 1. The molecule has 1 aliphatic rings. The molecule has 0 spiro atoms. The first-order valence-electron chi connectivity index (χ1n) is 5.10. The lowest BCUT2D eigenvalue weighted by Gasteiger charge is -2.15. The maximum absolute atomic E-state index is 11.8. The quantitative estimate of drug-likeness (QED) is 0.829. The van der Waals surface area contributed by atoms with Crippen LogP contribution in [0.2, 0.25) is 0 Å². The zero-order valence-corrected chi connectivity index (χ0v) is 10.2. The zero-order chi connectivity index (χ0) is 10.8. The number of halogens is 1. The van der Waals surface area contributed by atoms with Gasteiger partial charge in [-0.3, -0.25) is 9.48 Å². The Kier molecular flexibility index (Phi) is 3.09. The molecule has 2 unspecified atom stereocenters. The van der Waals surface area contributed by atoms with Gasteiger partial charge in [0, 0.05) is 24.1 Å². The minimum Gasteiger partial charge on any atom is -0.348 e. The first-order chi connectivity index (χ1) is 7.16. The molecule has 0 radical (unpaired) electrons. The van der Waals surface area contributed by atoms with Crippen molar-refractivity contribution < 1.29 is 4.79 Å². The van der Waals surface area contributed by atoms with Crippen LogP contribution in [0.4, 0.5) is 0 Å². The molecule has 2 rings (SSSR count). The van der Waals surface area contributed by atoms with E-state index in [0.717, 1.165) is 12.8 Å². The van der Waals surface area contributed by atoms with Gasteiger partial charge in [-0.05, 0) is 12.8 Å². The molecule has 15 heavy (non-hydrogen) atoms. The second-order valence-electron chi connectivity index (χ2n) is 3.93. The molecule has 2 atom stereocenters. The average Bonchev–Trinajstić information content (AvgIpc) is 2.77. The van der Waals surface area contributed by atoms with Crippen molar-refractivity contribution in [2.75, 3.05) is 0 Å². The van der Waals surface area contributed by atoms with Crippen LogP contribution >= 0.6 is 15.9 Å². The monoisotopic (exact) mass is 271 g/mol. The van der Waals surface area contributed by atoms with E-state index < -0.39 is 0 Å². The molecule has 1 aliphatic carbocycles. The molecule has 5 heteroatoms. The highest BCUT2D eigenvalue weighted by molar-refractivity contribution is 9.09. The summed E-state index contributed by atoms with van der Waals surface area (Å²) in [5.41, 5.74) is 0.629. The number of carbonyl (C=O) groups is 1. The Hall–Kier alpha value is -0.840. The van der Waals surface area contributed by atoms with Crippen molar-refractivity contribution in [2.24, 2.45) is 7.05 Å². The molecule has 1 fully saturated rings. The molecule has 0 aliphatic heterocycles. The van der Waals surface area contributed by atoms with Gasteiger partial charge in [-0.25, -0.2) is 0 Å². The normalized spacial score (nSPS) is 25.5. The van der Waals surface area contributed by atoms with E-state index in [1.807, 2.05) is 0 Å². The van der Waals surface area contributed by atoms with Crippen molar-refractivity contribution >= 4 is 21.8 Å². The topological polar surface area (TPSA) is 46.9 Å². The smallest absolute Gasteiger partial charge is 0.254 e. The number of aromatic nitrogens is 2. The highest BCUT2D eigenvalue weighted by Crippen LogP contribution is 2.25. The van der Waals surface area contributed by atoms with Gasteiger partial charge in [-0.15, -0.1) is 0 Å². The molecule has 0 aromatic carbocycles. The Morgan fingerprint density at radius 1 is 1.67 bits per heavy atom. The summed E-state index contributed by atoms with van der Waals surface area (Å²) in [5.74, 6) is -0.0283. The first-order valence-corrected chi connectivity index (χ1v) is 6.02. The van der Waals surface area contributed by atoms with Crippen LogP contribution in [0.15, 0.2) is 12.4 Å². The number of hydrogen-bond donors (Lipinski definition) is 1. The van der Waals surface area contributed by atoms with Gasteiger partial charge in [0.15, 0.2) is 0 Å². The third-order valence-electron chi connectivity index (χ3n) is 2.72. The van der Waals surface area contributed by atoms with Crippen molar-refractivity contribution in [1.29, 1.82) is 0 Å². The molecule has 4 nitrogen and oxygen atoms in total. The van der Waals surface area contributed by atoms with Gasteiger partial charge in [0.1, 0.15) is 0 Å². The Morgan fingerprint density at radius 3 is 3.00 bits per heavy atom. The minimum absolute atomic E-state index is 0.0283. The van der Waals surface area contributed by atoms with E-state index >= 15 is 0 Å². The van der Waals surface area contributed by atoms with Crippen molar-refractivity contribution in [1.82, 2.24) is 15.1 Å². The number of carbonyl (C=O) groups excluding carboxylic acids is 1. The molecule has 1 aromatic heterocycles. The Labute approximate surface area is 97.2 Å². The molecular formula is C10H14BrN3O. The lowest BCUT2D eigenvalue weighted by molar-refractivity contribution is 0.0939. The van der Waals surface area contributed by atoms with Gasteiger partial charge < -0.3 is 5.32 Å². The van der Waals surface area contributed by atoms with E-state index in [-0.39, 0.29) is 11.9 Å². The lowest BCUT2D eigenvalue weighted by Crippen LogP contribution is -2.37. The second kappa shape index (κ2) is 4.35. The Bertz CT molecular complexity index is 363. The number of rotatable bonds is 2. The predicted molar refractivity (Wildman–Crippen MR) is 61.0 cm³/mol. The summed E-state index contributed by atoms with van der Waals surface area (Å²) < 4.78 is 1.63. The van der Waals surface area contributed by atoms with Crippen molar-refractivity contribution in [3.63, 3.8) is 0 Å². The molecule has 1 amide bonds. The predicted octanol–water partition coefficient (Wildman–Crippen LogP) is 1.47. The molecule has 1 aromatic rings. The van der Waals surface area contributed by atoms with Crippen LogP contribution in [0.3, 0.4) is 0 Å². The van der Waals surface area contributed by atoms with Gasteiger partial charge >= 0.3 is 0 Å². The molecular weight excluding hydrogens is 258 g/mol. The van der Waals surface area contributed by atoms with Crippen LogP contribution in [-0.2, 0) is 7.05 Å². The van der Waals surface area contributed by atoms with E-state index in [4.69, 9.17) is 0 Å². The van der Waals surface area contributed by atoms with E-state index in [9.17, 15) is 4.79 Å². The third-order valence-corrected chi connectivity index (χ3v) is 3.81. The van der Waals surface area contributed by atoms with Crippen molar-refractivity contribution in [3.8, 4) is 0 Å². The first kappa shape index (κ1) is 10.7. The minimum atomic E-state index is -0.0283. The zero-order valence-electron chi connectivity index (χ0n) is 8.61. The molecule has 0 bridgehead atoms. The second-order valence-corrected chi connectivity index (χ2v) is 5.11. The molecule has 0 saturated heterocycles. The van der Waals surface area contributed by atoms with Gasteiger partial charge in [0.25, 0.3) is 5.91 Å². The molecule has 1 N–H and O–H groups in total. The molecule has 1 heterocycles. The van der Waals surface area contributed by atoms with Crippen LogP contribution in [0, 0.1) is 0 Å². The summed E-state index contributed by atoms with van der Waals surface area (Å²) in [6.45, 7) is 0. The van der Waals surface area contributed by atoms with E-state index in [2.05, 4.69) is 26.3 Å². The summed E-state index contributed by atoms with van der Waals surface area (Å²) in [6.07, 6.45) is 6.69. The maximum Gasteiger partial charge on any atom is 0.254 e. The fourth-order valence-corrected chi connectivity index (χ4v) is 2.59. The standard InChI is InChI=1S/C10H14BrN3O/c1-14-6-7(5-12-14)10(15)13-9-4-2-3-8(9)11/h5-6,8-9H,2-4H2,1H3,(H,13,15). The van der Waals surface area contributed by atoms with Gasteiger partial charge in [-0.1, -0.05) is 22.4 Å². The number of alkyl halides is 1. The van der Waals surface area contributed by atoms with Crippen LogP contribution in [-0.4, -0.2) is 26.6 Å². The molecule has 1 saturated carbocycles. The fraction of sp³-hybridized carbons (Fsp3) is 0.600. The Balaban J connectivity index is 1.97. The lowest BCUT2D eigenvalue weighted by atomic mass is 10.2. The van der Waals surface area contributed by atoms with Crippen molar-refractivity contribution in [3.05, 3.63) is 18.0 Å². The SMILES string of the molecule is Cn1cc(C(=O)NC2CCCC2Br)cn1. The third kappa shape index (κ3) is 2.40. The summed E-state index contributed by atoms with van der Waals surface area (Å²) >= 11 is 3.58. The van der Waals surface area contributed by atoms with Crippen LogP contribution in [0.25, 0.3) is 0 Å². The fourth-order valence-electron chi connectivity index (χ4n) is 1.87. The maximum atomic E-state index is 11.8. The van der Waals surface area contributed by atoms with Crippen LogP contribution < -0.4 is 5.32 Å². The number of hydrogen-bond acceptors (Lipinski definition) is 2. The van der Waals surface area contributed by atoms with E-state index in [1.165, 1.54) is 6.42 Å². The summed E-state index contributed by atoms with van der Waals surface area (Å²) in [4.78, 5) is 12.2. The summed E-state index contributed by atoms with van der Waals surface area (Å²) in [5, 5.41) is 6.99. The van der Waals surface area contributed by atoms with Crippen LogP contribution in [0.1, 0.15) is 29.6 Å². The summed E-state index contributed by atoms with van der Waals surface area (Å²) in [6, 6.07) is 0.262. The Morgan fingerprint density at radius 2 is 2.47 bits per heavy atom. The highest BCUT2D eigenvalue weighted by atomic mass is 79.9. The highest BCUT2D eigenvalue weighted by Gasteiger charge is 2.26. The summed E-state index contributed by atoms with van der Waals surface area (Å²) in [7, 11) is 1.81. The van der Waals surface area contributed by atoms with Crippen LogP contribution in [0.5, 0.6) is 0 Å². The van der Waals surface area contributed by atoms with Gasteiger partial charge in [0.2, 0.25) is 0 Å². The largest absolute Gasteiger partial charge is 0.348 e. The van der Waals surface area contributed by atoms with Gasteiger partial charge in [-0.2, -0.15) is 5.10 Å². The number of nitrogens with one attached hydrogen (secondary N) is 1. The average molecular weight is 272 g/mol. The van der Waals surface area contributed by atoms with Crippen molar-refractivity contribution in [2.45, 2.75) is 30.1 Å². The number of aryl methyl sites for hydroxylation is 1. The number of nitrogens with zero attached hydrogens (tertiary/aromatic N) is 2. The van der Waals surface area contributed by atoms with E-state index in [1.54, 1.807) is 24.1 Å².